The largest absolute Gasteiger partial charge is 0.365 e. The monoisotopic (exact) mass is 353 g/mol. The van der Waals surface area contributed by atoms with Crippen molar-refractivity contribution in [2.24, 2.45) is 0 Å². The Morgan fingerprint density at radius 2 is 1.68 bits per heavy atom. The molecular formula is C21H27N3S. The Morgan fingerprint density at radius 3 is 2.32 bits per heavy atom. The number of hydrogen-bond donors (Lipinski definition) is 1. The van der Waals surface area contributed by atoms with Crippen LogP contribution in [-0.4, -0.2) is 35.7 Å². The van der Waals surface area contributed by atoms with Crippen molar-refractivity contribution in [3.8, 4) is 0 Å². The molecule has 0 bridgehead atoms. The van der Waals surface area contributed by atoms with E-state index in [1.807, 2.05) is 0 Å². The second-order valence-corrected chi connectivity index (χ2v) is 7.46. The van der Waals surface area contributed by atoms with Gasteiger partial charge in [0.05, 0.1) is 0 Å². The minimum atomic E-state index is 0.426. The van der Waals surface area contributed by atoms with E-state index in [0.717, 1.165) is 30.4 Å². The SMILES string of the molecule is Cc1ccc(N2CCN(C(=S)Nc3ccc(C)cc3C)CC2C)cc1. The maximum Gasteiger partial charge on any atom is 0.173 e. The number of nitrogens with one attached hydrogen (secondary N) is 1. The Bertz CT molecular complexity index is 754. The summed E-state index contributed by atoms with van der Waals surface area (Å²) < 4.78 is 0. The molecule has 25 heavy (non-hydrogen) atoms. The number of hydrogen-bond acceptors (Lipinski definition) is 2. The molecular weight excluding hydrogens is 326 g/mol. The summed E-state index contributed by atoms with van der Waals surface area (Å²) in [4.78, 5) is 4.75. The average molecular weight is 354 g/mol. The fourth-order valence-corrected chi connectivity index (χ4v) is 3.69. The zero-order valence-corrected chi connectivity index (χ0v) is 16.4. The van der Waals surface area contributed by atoms with Crippen LogP contribution >= 0.6 is 12.2 Å². The average Bonchev–Trinajstić information content (AvgIpc) is 2.58. The van der Waals surface area contributed by atoms with E-state index in [1.54, 1.807) is 0 Å². The van der Waals surface area contributed by atoms with Gasteiger partial charge in [0.2, 0.25) is 0 Å². The van der Waals surface area contributed by atoms with Gasteiger partial charge in [0, 0.05) is 37.1 Å². The fraction of sp³-hybridized carbons (Fsp3) is 0.381. The Morgan fingerprint density at radius 1 is 1.00 bits per heavy atom. The molecule has 1 aliphatic rings. The maximum absolute atomic E-state index is 5.67. The van der Waals surface area contributed by atoms with Gasteiger partial charge in [-0.1, -0.05) is 35.4 Å². The Kier molecular flexibility index (Phi) is 5.28. The van der Waals surface area contributed by atoms with Gasteiger partial charge in [0.15, 0.2) is 5.11 Å². The molecule has 1 atom stereocenters. The van der Waals surface area contributed by atoms with Crippen LogP contribution in [0.15, 0.2) is 42.5 Å². The van der Waals surface area contributed by atoms with Gasteiger partial charge in [0.1, 0.15) is 0 Å². The van der Waals surface area contributed by atoms with Crippen molar-refractivity contribution in [3.05, 3.63) is 59.2 Å². The second-order valence-electron chi connectivity index (χ2n) is 7.07. The van der Waals surface area contributed by atoms with E-state index in [0.29, 0.717) is 6.04 Å². The Labute approximate surface area is 156 Å². The summed E-state index contributed by atoms with van der Waals surface area (Å²) in [5, 5.41) is 4.25. The topological polar surface area (TPSA) is 18.5 Å². The molecule has 0 radical (unpaired) electrons. The molecule has 0 aliphatic carbocycles. The Hall–Kier alpha value is -2.07. The maximum atomic E-state index is 5.67. The third-order valence-electron chi connectivity index (χ3n) is 4.90. The van der Waals surface area contributed by atoms with Gasteiger partial charge < -0.3 is 15.1 Å². The summed E-state index contributed by atoms with van der Waals surface area (Å²) in [6.45, 7) is 11.5. The van der Waals surface area contributed by atoms with Gasteiger partial charge in [-0.3, -0.25) is 0 Å². The van der Waals surface area contributed by atoms with Gasteiger partial charge in [-0.15, -0.1) is 0 Å². The summed E-state index contributed by atoms with van der Waals surface area (Å²) in [6.07, 6.45) is 0. The molecule has 132 valence electrons. The Balaban J connectivity index is 1.64. The van der Waals surface area contributed by atoms with E-state index in [1.165, 1.54) is 22.4 Å². The third kappa shape index (κ3) is 4.13. The minimum absolute atomic E-state index is 0.426. The van der Waals surface area contributed by atoms with Crippen molar-refractivity contribution >= 4 is 28.7 Å². The lowest BCUT2D eigenvalue weighted by molar-refractivity contribution is 0.342. The first-order valence-electron chi connectivity index (χ1n) is 8.90. The van der Waals surface area contributed by atoms with E-state index in [9.17, 15) is 0 Å². The highest BCUT2D eigenvalue weighted by Gasteiger charge is 2.25. The lowest BCUT2D eigenvalue weighted by Crippen LogP contribution is -2.54. The van der Waals surface area contributed by atoms with Crippen molar-refractivity contribution < 1.29 is 0 Å². The molecule has 0 spiro atoms. The van der Waals surface area contributed by atoms with Crippen molar-refractivity contribution in [2.45, 2.75) is 33.7 Å². The standard InChI is InChI=1S/C21H27N3S/c1-15-5-8-19(9-6-15)24-12-11-23(14-18(24)4)21(25)22-20-10-7-16(2)13-17(20)3/h5-10,13,18H,11-12,14H2,1-4H3,(H,22,25). The second kappa shape index (κ2) is 7.44. The first-order chi connectivity index (χ1) is 11.9. The lowest BCUT2D eigenvalue weighted by atomic mass is 10.1. The van der Waals surface area contributed by atoms with E-state index in [-0.39, 0.29) is 0 Å². The van der Waals surface area contributed by atoms with E-state index in [2.05, 4.69) is 85.3 Å². The van der Waals surface area contributed by atoms with Crippen LogP contribution in [-0.2, 0) is 0 Å². The summed E-state index contributed by atoms with van der Waals surface area (Å²) in [6, 6.07) is 15.6. The molecule has 1 heterocycles. The number of anilines is 2. The van der Waals surface area contributed by atoms with Gasteiger partial charge >= 0.3 is 0 Å². The van der Waals surface area contributed by atoms with Crippen molar-refractivity contribution in [2.75, 3.05) is 29.9 Å². The summed E-state index contributed by atoms with van der Waals surface area (Å²) in [7, 11) is 0. The molecule has 2 aromatic rings. The smallest absolute Gasteiger partial charge is 0.173 e. The molecule has 0 amide bonds. The van der Waals surface area contributed by atoms with Crippen LogP contribution in [0.3, 0.4) is 0 Å². The number of piperazine rings is 1. The van der Waals surface area contributed by atoms with Gasteiger partial charge in [-0.25, -0.2) is 0 Å². The molecule has 1 saturated heterocycles. The lowest BCUT2D eigenvalue weighted by Gasteiger charge is -2.42. The number of rotatable bonds is 2. The van der Waals surface area contributed by atoms with E-state index < -0.39 is 0 Å². The fourth-order valence-electron chi connectivity index (χ4n) is 3.41. The highest BCUT2D eigenvalue weighted by atomic mass is 32.1. The summed E-state index contributed by atoms with van der Waals surface area (Å²) in [5.41, 5.74) is 6.20. The molecule has 1 unspecified atom stereocenters. The highest BCUT2D eigenvalue weighted by Crippen LogP contribution is 2.22. The normalized spacial score (nSPS) is 17.5. The zero-order chi connectivity index (χ0) is 18.0. The molecule has 1 N–H and O–H groups in total. The zero-order valence-electron chi connectivity index (χ0n) is 15.5. The summed E-state index contributed by atoms with van der Waals surface area (Å²) in [5.74, 6) is 0. The van der Waals surface area contributed by atoms with Gasteiger partial charge in [-0.2, -0.15) is 0 Å². The van der Waals surface area contributed by atoms with Crippen LogP contribution in [0, 0.1) is 20.8 Å². The van der Waals surface area contributed by atoms with Gasteiger partial charge in [0.25, 0.3) is 0 Å². The van der Waals surface area contributed by atoms with Crippen LogP contribution in [0.4, 0.5) is 11.4 Å². The van der Waals surface area contributed by atoms with Crippen LogP contribution in [0.5, 0.6) is 0 Å². The van der Waals surface area contributed by atoms with Crippen molar-refractivity contribution in [3.63, 3.8) is 0 Å². The predicted octanol–water partition coefficient (Wildman–Crippen LogP) is 4.52. The molecule has 1 fully saturated rings. The highest BCUT2D eigenvalue weighted by molar-refractivity contribution is 7.80. The number of thiocarbonyl (C=S) groups is 1. The van der Waals surface area contributed by atoms with Crippen LogP contribution in [0.2, 0.25) is 0 Å². The van der Waals surface area contributed by atoms with Crippen molar-refractivity contribution in [1.82, 2.24) is 4.90 Å². The van der Waals surface area contributed by atoms with Crippen molar-refractivity contribution in [1.29, 1.82) is 0 Å². The molecule has 0 saturated carbocycles. The first kappa shape index (κ1) is 17.7. The molecule has 3 rings (SSSR count). The first-order valence-corrected chi connectivity index (χ1v) is 9.31. The van der Waals surface area contributed by atoms with E-state index in [4.69, 9.17) is 12.2 Å². The third-order valence-corrected chi connectivity index (χ3v) is 5.26. The van der Waals surface area contributed by atoms with Crippen LogP contribution in [0.1, 0.15) is 23.6 Å². The van der Waals surface area contributed by atoms with E-state index >= 15 is 0 Å². The minimum Gasteiger partial charge on any atom is -0.365 e. The molecule has 4 heteroatoms. The summed E-state index contributed by atoms with van der Waals surface area (Å²) >= 11 is 5.67. The number of aryl methyl sites for hydroxylation is 3. The number of benzene rings is 2. The van der Waals surface area contributed by atoms with Crippen LogP contribution in [0.25, 0.3) is 0 Å². The predicted molar refractivity (Wildman–Crippen MR) is 112 cm³/mol. The molecule has 2 aromatic carbocycles. The molecule has 1 aliphatic heterocycles. The molecule has 0 aromatic heterocycles. The quantitative estimate of drug-likeness (QED) is 0.800. The molecule has 3 nitrogen and oxygen atoms in total. The number of nitrogens with zero attached hydrogens (tertiary/aromatic N) is 2. The van der Waals surface area contributed by atoms with Gasteiger partial charge in [-0.05, 0) is 63.7 Å². The van der Waals surface area contributed by atoms with Crippen LogP contribution < -0.4 is 10.2 Å².